The van der Waals surface area contributed by atoms with Crippen molar-refractivity contribution in [3.8, 4) is 11.6 Å². The first-order valence-corrected chi connectivity index (χ1v) is 6.40. The number of benzene rings is 1. The Morgan fingerprint density at radius 2 is 2.05 bits per heavy atom. The lowest BCUT2D eigenvalue weighted by Gasteiger charge is -2.08. The van der Waals surface area contributed by atoms with Gasteiger partial charge in [0, 0.05) is 6.54 Å². The first-order chi connectivity index (χ1) is 10.1. The van der Waals surface area contributed by atoms with Crippen molar-refractivity contribution < 1.29 is 14.8 Å². The van der Waals surface area contributed by atoms with Gasteiger partial charge in [-0.2, -0.15) is 4.98 Å². The van der Waals surface area contributed by atoms with E-state index in [1.807, 2.05) is 6.92 Å². The molecule has 0 bridgehead atoms. The van der Waals surface area contributed by atoms with Gasteiger partial charge in [0.15, 0.2) is 0 Å². The van der Waals surface area contributed by atoms with Gasteiger partial charge in [0.05, 0.1) is 23.7 Å². The zero-order valence-electron chi connectivity index (χ0n) is 11.4. The topological polar surface area (TPSA) is 97.5 Å². The third kappa shape index (κ3) is 3.90. The second-order valence-corrected chi connectivity index (χ2v) is 4.24. The molecule has 0 atom stereocenters. The van der Waals surface area contributed by atoms with Gasteiger partial charge < -0.3 is 15.2 Å². The van der Waals surface area contributed by atoms with Crippen LogP contribution >= 0.6 is 0 Å². The fourth-order valence-corrected chi connectivity index (χ4v) is 1.70. The SMILES string of the molecule is CCNc1cc([N+](=O)[O-])cc(Oc2ccc(CO)cc2)n1. The molecule has 21 heavy (non-hydrogen) atoms. The standard InChI is InChI=1S/C14H15N3O4/c1-2-15-13-7-11(17(19)20)8-14(16-13)21-12-5-3-10(9-18)4-6-12/h3-8,18H,2,9H2,1H3,(H,15,16). The molecule has 0 aliphatic rings. The monoisotopic (exact) mass is 289 g/mol. The average Bonchev–Trinajstić information content (AvgIpc) is 2.48. The summed E-state index contributed by atoms with van der Waals surface area (Å²) in [6.45, 7) is 2.41. The second-order valence-electron chi connectivity index (χ2n) is 4.24. The summed E-state index contributed by atoms with van der Waals surface area (Å²) in [7, 11) is 0. The number of aromatic nitrogens is 1. The van der Waals surface area contributed by atoms with Crippen LogP contribution in [-0.2, 0) is 6.61 Å². The maximum absolute atomic E-state index is 10.9. The molecule has 0 aliphatic carbocycles. The summed E-state index contributed by atoms with van der Waals surface area (Å²) in [5.41, 5.74) is 0.658. The summed E-state index contributed by atoms with van der Waals surface area (Å²) in [6.07, 6.45) is 0. The van der Waals surface area contributed by atoms with Gasteiger partial charge in [0.1, 0.15) is 11.6 Å². The Labute approximate surface area is 121 Å². The van der Waals surface area contributed by atoms with Gasteiger partial charge in [0.25, 0.3) is 5.69 Å². The Bertz CT molecular complexity index is 629. The fourth-order valence-electron chi connectivity index (χ4n) is 1.70. The molecule has 1 aromatic heterocycles. The molecule has 0 spiro atoms. The lowest BCUT2D eigenvalue weighted by atomic mass is 10.2. The van der Waals surface area contributed by atoms with Gasteiger partial charge in [-0.15, -0.1) is 0 Å². The Hall–Kier alpha value is -2.67. The number of anilines is 1. The van der Waals surface area contributed by atoms with Crippen molar-refractivity contribution in [2.75, 3.05) is 11.9 Å². The van der Waals surface area contributed by atoms with Crippen LogP contribution in [0.5, 0.6) is 11.6 Å². The molecule has 0 radical (unpaired) electrons. The van der Waals surface area contributed by atoms with Crippen molar-refractivity contribution in [3.63, 3.8) is 0 Å². The second kappa shape index (κ2) is 6.67. The Kier molecular flexibility index (Phi) is 4.68. The van der Waals surface area contributed by atoms with E-state index in [0.29, 0.717) is 18.1 Å². The van der Waals surface area contributed by atoms with Gasteiger partial charge >= 0.3 is 0 Å². The normalized spacial score (nSPS) is 10.2. The van der Waals surface area contributed by atoms with Crippen LogP contribution in [0.15, 0.2) is 36.4 Å². The number of aliphatic hydroxyl groups excluding tert-OH is 1. The Morgan fingerprint density at radius 3 is 2.62 bits per heavy atom. The number of ether oxygens (including phenoxy) is 1. The van der Waals surface area contributed by atoms with Crippen molar-refractivity contribution in [3.05, 3.63) is 52.1 Å². The van der Waals surface area contributed by atoms with Crippen LogP contribution in [0.1, 0.15) is 12.5 Å². The van der Waals surface area contributed by atoms with Crippen LogP contribution in [0, 0.1) is 10.1 Å². The Balaban J connectivity index is 2.26. The Morgan fingerprint density at radius 1 is 1.33 bits per heavy atom. The zero-order chi connectivity index (χ0) is 15.2. The molecule has 2 rings (SSSR count). The first kappa shape index (κ1) is 14.7. The molecule has 0 saturated carbocycles. The van der Waals surface area contributed by atoms with Gasteiger partial charge in [0.2, 0.25) is 5.88 Å². The lowest BCUT2D eigenvalue weighted by Crippen LogP contribution is -2.02. The van der Waals surface area contributed by atoms with E-state index < -0.39 is 4.92 Å². The number of hydrogen-bond donors (Lipinski definition) is 2. The molecule has 0 saturated heterocycles. The maximum Gasteiger partial charge on any atom is 0.278 e. The molecule has 7 heteroatoms. The van der Waals surface area contributed by atoms with E-state index in [4.69, 9.17) is 9.84 Å². The highest BCUT2D eigenvalue weighted by Crippen LogP contribution is 2.26. The fraction of sp³-hybridized carbons (Fsp3) is 0.214. The van der Waals surface area contributed by atoms with E-state index in [1.165, 1.54) is 12.1 Å². The molecule has 2 N–H and O–H groups in total. The van der Waals surface area contributed by atoms with Crippen LogP contribution in [-0.4, -0.2) is 21.6 Å². The smallest absolute Gasteiger partial charge is 0.278 e. The molecule has 0 unspecified atom stereocenters. The van der Waals surface area contributed by atoms with Gasteiger partial charge in [-0.3, -0.25) is 10.1 Å². The van der Waals surface area contributed by atoms with E-state index in [1.54, 1.807) is 24.3 Å². The van der Waals surface area contributed by atoms with Crippen molar-refractivity contribution in [1.82, 2.24) is 4.98 Å². The number of pyridine rings is 1. The lowest BCUT2D eigenvalue weighted by molar-refractivity contribution is -0.384. The van der Waals surface area contributed by atoms with Crippen molar-refractivity contribution in [1.29, 1.82) is 0 Å². The summed E-state index contributed by atoms with van der Waals surface area (Å²) >= 11 is 0. The highest BCUT2D eigenvalue weighted by molar-refractivity contribution is 5.49. The van der Waals surface area contributed by atoms with E-state index in [0.717, 1.165) is 5.56 Å². The minimum atomic E-state index is -0.496. The molecule has 1 heterocycles. The predicted octanol–water partition coefficient (Wildman–Crippen LogP) is 2.71. The van der Waals surface area contributed by atoms with Gasteiger partial charge in [-0.25, -0.2) is 0 Å². The third-order valence-electron chi connectivity index (χ3n) is 2.68. The van der Waals surface area contributed by atoms with Crippen LogP contribution in [0.3, 0.4) is 0 Å². The van der Waals surface area contributed by atoms with E-state index >= 15 is 0 Å². The van der Waals surface area contributed by atoms with Crippen LogP contribution in [0.25, 0.3) is 0 Å². The molecule has 0 aliphatic heterocycles. The number of aliphatic hydroxyl groups is 1. The highest BCUT2D eigenvalue weighted by Gasteiger charge is 2.12. The molecule has 0 amide bonds. The summed E-state index contributed by atoms with van der Waals surface area (Å²) in [6, 6.07) is 9.36. The van der Waals surface area contributed by atoms with Gasteiger partial charge in [-0.05, 0) is 24.6 Å². The maximum atomic E-state index is 10.9. The summed E-state index contributed by atoms with van der Waals surface area (Å²) < 4.78 is 5.52. The van der Waals surface area contributed by atoms with Crippen LogP contribution < -0.4 is 10.1 Å². The number of nitrogens with zero attached hydrogens (tertiary/aromatic N) is 2. The summed E-state index contributed by atoms with van der Waals surface area (Å²) in [4.78, 5) is 14.6. The average molecular weight is 289 g/mol. The van der Waals surface area contributed by atoms with Crippen LogP contribution in [0.4, 0.5) is 11.5 Å². The highest BCUT2D eigenvalue weighted by atomic mass is 16.6. The zero-order valence-corrected chi connectivity index (χ0v) is 11.4. The molecule has 2 aromatic rings. The van der Waals surface area contributed by atoms with Crippen molar-refractivity contribution >= 4 is 11.5 Å². The molecular weight excluding hydrogens is 274 g/mol. The molecule has 1 aromatic carbocycles. The van der Waals surface area contributed by atoms with E-state index in [-0.39, 0.29) is 18.2 Å². The summed E-state index contributed by atoms with van der Waals surface area (Å²) in [5, 5.41) is 22.8. The quantitative estimate of drug-likeness (QED) is 0.626. The van der Waals surface area contributed by atoms with Gasteiger partial charge in [-0.1, -0.05) is 12.1 Å². The molecule has 0 fully saturated rings. The van der Waals surface area contributed by atoms with E-state index in [9.17, 15) is 10.1 Å². The van der Waals surface area contributed by atoms with E-state index in [2.05, 4.69) is 10.3 Å². The number of nitrogens with one attached hydrogen (secondary N) is 1. The number of rotatable bonds is 6. The molecular formula is C14H15N3O4. The van der Waals surface area contributed by atoms with Crippen molar-refractivity contribution in [2.24, 2.45) is 0 Å². The number of nitro groups is 1. The minimum absolute atomic E-state index is 0.0556. The predicted molar refractivity (Wildman–Crippen MR) is 77.5 cm³/mol. The third-order valence-corrected chi connectivity index (χ3v) is 2.68. The van der Waals surface area contributed by atoms with Crippen molar-refractivity contribution in [2.45, 2.75) is 13.5 Å². The molecule has 7 nitrogen and oxygen atoms in total. The molecule has 110 valence electrons. The summed E-state index contributed by atoms with van der Waals surface area (Å²) in [5.74, 6) is 1.01. The first-order valence-electron chi connectivity index (χ1n) is 6.40. The number of hydrogen-bond acceptors (Lipinski definition) is 6. The largest absolute Gasteiger partial charge is 0.439 e. The minimum Gasteiger partial charge on any atom is -0.439 e. The van der Waals surface area contributed by atoms with Crippen LogP contribution in [0.2, 0.25) is 0 Å².